The Morgan fingerprint density at radius 2 is 2.00 bits per heavy atom. The first-order valence-electron chi connectivity index (χ1n) is 8.43. The van der Waals surface area contributed by atoms with Crippen molar-refractivity contribution < 1.29 is 4.74 Å². The minimum absolute atomic E-state index is 0.170. The molecule has 1 heterocycles. The van der Waals surface area contributed by atoms with Crippen molar-refractivity contribution in [3.63, 3.8) is 0 Å². The minimum atomic E-state index is 0.170. The van der Waals surface area contributed by atoms with E-state index in [1.54, 1.807) is 0 Å². The molecular weight excluding hydrogens is 288 g/mol. The highest BCUT2D eigenvalue weighted by molar-refractivity contribution is 5.35. The van der Waals surface area contributed by atoms with Crippen molar-refractivity contribution in [1.29, 1.82) is 0 Å². The van der Waals surface area contributed by atoms with Crippen LogP contribution in [0.4, 0.5) is 0 Å². The molecule has 1 aromatic heterocycles. The number of hydrogen-bond donors (Lipinski definition) is 1. The number of nitrogens with zero attached hydrogens (tertiary/aromatic N) is 3. The Morgan fingerprint density at radius 3 is 2.70 bits per heavy atom. The van der Waals surface area contributed by atoms with Gasteiger partial charge in [-0.1, -0.05) is 18.2 Å². The minimum Gasteiger partial charge on any atom is -0.491 e. The van der Waals surface area contributed by atoms with Crippen molar-refractivity contribution in [2.75, 3.05) is 0 Å². The second-order valence-corrected chi connectivity index (χ2v) is 6.59. The first-order valence-corrected chi connectivity index (χ1v) is 8.43. The molecule has 1 fully saturated rings. The predicted molar refractivity (Wildman–Crippen MR) is 90.4 cm³/mol. The normalized spacial score (nSPS) is 15.9. The number of benzene rings is 1. The molecule has 0 aliphatic heterocycles. The Bertz CT molecular complexity index is 661. The van der Waals surface area contributed by atoms with E-state index in [4.69, 9.17) is 4.74 Å². The largest absolute Gasteiger partial charge is 0.491 e. The van der Waals surface area contributed by atoms with E-state index in [2.05, 4.69) is 28.4 Å². The van der Waals surface area contributed by atoms with E-state index >= 15 is 0 Å². The van der Waals surface area contributed by atoms with Crippen molar-refractivity contribution in [2.24, 2.45) is 7.05 Å². The molecule has 1 aromatic carbocycles. The first kappa shape index (κ1) is 16.0. The van der Waals surface area contributed by atoms with Crippen LogP contribution in [0.1, 0.15) is 62.8 Å². The first-order chi connectivity index (χ1) is 11.0. The van der Waals surface area contributed by atoms with Crippen LogP contribution in [0.15, 0.2) is 24.3 Å². The average Bonchev–Trinajstić information content (AvgIpc) is 3.29. The third kappa shape index (κ3) is 3.91. The Labute approximate surface area is 138 Å². The molecule has 2 aromatic rings. The fourth-order valence-corrected chi connectivity index (χ4v) is 2.66. The molecule has 5 nitrogen and oxygen atoms in total. The highest BCUT2D eigenvalue weighted by Gasteiger charge is 2.28. The summed E-state index contributed by atoms with van der Waals surface area (Å²) in [4.78, 5) is 4.67. The van der Waals surface area contributed by atoms with Crippen LogP contribution >= 0.6 is 0 Å². The second-order valence-electron chi connectivity index (χ2n) is 6.59. The lowest BCUT2D eigenvalue weighted by molar-refractivity contribution is 0.238. The standard InChI is InChI=1S/C18H26N4O/c1-12(2)23-16-8-6-5-7-15(16)13(3)19-11-17-20-18(14-9-10-14)21-22(17)4/h5-8,12-14,19H,9-11H2,1-4H3/t13-/m0/s1. The molecule has 3 rings (SSSR count). The maximum atomic E-state index is 5.91. The van der Waals surface area contributed by atoms with Gasteiger partial charge in [-0.2, -0.15) is 5.10 Å². The van der Waals surface area contributed by atoms with Crippen LogP contribution in [-0.4, -0.2) is 20.9 Å². The Hall–Kier alpha value is -1.88. The van der Waals surface area contributed by atoms with Gasteiger partial charge in [-0.15, -0.1) is 0 Å². The molecule has 1 atom stereocenters. The van der Waals surface area contributed by atoms with Crippen molar-refractivity contribution in [2.45, 2.75) is 58.2 Å². The van der Waals surface area contributed by atoms with Crippen LogP contribution in [0.25, 0.3) is 0 Å². The van der Waals surface area contributed by atoms with Gasteiger partial charge in [0.25, 0.3) is 0 Å². The summed E-state index contributed by atoms with van der Waals surface area (Å²) in [5.41, 5.74) is 1.17. The fourth-order valence-electron chi connectivity index (χ4n) is 2.66. The molecule has 1 aliphatic carbocycles. The maximum Gasteiger partial charge on any atom is 0.154 e. The number of aryl methyl sites for hydroxylation is 1. The highest BCUT2D eigenvalue weighted by atomic mass is 16.5. The number of rotatable bonds is 7. The van der Waals surface area contributed by atoms with Gasteiger partial charge in [0.05, 0.1) is 12.6 Å². The highest BCUT2D eigenvalue weighted by Crippen LogP contribution is 2.38. The summed E-state index contributed by atoms with van der Waals surface area (Å²) in [7, 11) is 1.97. The van der Waals surface area contributed by atoms with Gasteiger partial charge in [-0.05, 0) is 39.7 Å². The molecule has 0 unspecified atom stereocenters. The summed E-state index contributed by atoms with van der Waals surface area (Å²) < 4.78 is 7.81. The number of hydrogen-bond acceptors (Lipinski definition) is 4. The number of aromatic nitrogens is 3. The summed E-state index contributed by atoms with van der Waals surface area (Å²) in [6.45, 7) is 6.95. The third-order valence-corrected chi connectivity index (χ3v) is 4.13. The van der Waals surface area contributed by atoms with E-state index in [0.717, 1.165) is 17.4 Å². The lowest BCUT2D eigenvalue weighted by Gasteiger charge is -2.19. The van der Waals surface area contributed by atoms with Crippen molar-refractivity contribution in [3.05, 3.63) is 41.5 Å². The molecule has 5 heteroatoms. The second kappa shape index (κ2) is 6.71. The van der Waals surface area contributed by atoms with Crippen LogP contribution < -0.4 is 10.1 Å². The summed E-state index contributed by atoms with van der Waals surface area (Å²) in [6, 6.07) is 8.39. The molecule has 0 saturated heterocycles. The quantitative estimate of drug-likeness (QED) is 0.851. The molecular formula is C18H26N4O. The van der Waals surface area contributed by atoms with Gasteiger partial charge in [0, 0.05) is 24.6 Å². The van der Waals surface area contributed by atoms with E-state index in [1.165, 1.54) is 18.4 Å². The number of para-hydroxylation sites is 1. The molecule has 1 N–H and O–H groups in total. The summed E-state index contributed by atoms with van der Waals surface area (Å²) in [5, 5.41) is 8.06. The molecule has 23 heavy (non-hydrogen) atoms. The van der Waals surface area contributed by atoms with Gasteiger partial charge in [0.2, 0.25) is 0 Å². The fraction of sp³-hybridized carbons (Fsp3) is 0.556. The third-order valence-electron chi connectivity index (χ3n) is 4.13. The van der Waals surface area contributed by atoms with Crippen molar-refractivity contribution in [1.82, 2.24) is 20.1 Å². The van der Waals surface area contributed by atoms with Gasteiger partial charge < -0.3 is 10.1 Å². The topological polar surface area (TPSA) is 52.0 Å². The summed E-state index contributed by atoms with van der Waals surface area (Å²) in [6.07, 6.45) is 2.63. The van der Waals surface area contributed by atoms with Crippen LogP contribution in [0.5, 0.6) is 5.75 Å². The summed E-state index contributed by atoms with van der Waals surface area (Å²) in [5.74, 6) is 3.52. The molecule has 0 amide bonds. The Balaban J connectivity index is 1.66. The molecule has 0 spiro atoms. The molecule has 1 aliphatic rings. The Kier molecular flexibility index (Phi) is 4.66. The van der Waals surface area contributed by atoms with E-state index in [9.17, 15) is 0 Å². The van der Waals surface area contributed by atoms with Gasteiger partial charge in [-0.3, -0.25) is 4.68 Å². The van der Waals surface area contributed by atoms with Gasteiger partial charge in [0.1, 0.15) is 11.6 Å². The zero-order valence-electron chi connectivity index (χ0n) is 14.4. The van der Waals surface area contributed by atoms with E-state index in [1.807, 2.05) is 43.8 Å². The van der Waals surface area contributed by atoms with Crippen LogP contribution in [0.3, 0.4) is 0 Å². The van der Waals surface area contributed by atoms with E-state index < -0.39 is 0 Å². The predicted octanol–water partition coefficient (Wildman–Crippen LogP) is 3.33. The molecule has 1 saturated carbocycles. The van der Waals surface area contributed by atoms with Crippen molar-refractivity contribution in [3.8, 4) is 5.75 Å². The van der Waals surface area contributed by atoms with Gasteiger partial charge in [-0.25, -0.2) is 4.98 Å². The summed E-state index contributed by atoms with van der Waals surface area (Å²) >= 11 is 0. The lowest BCUT2D eigenvalue weighted by Crippen LogP contribution is -2.21. The SMILES string of the molecule is CC(C)Oc1ccccc1[C@H](C)NCc1nc(C2CC2)nn1C. The Morgan fingerprint density at radius 1 is 1.26 bits per heavy atom. The van der Waals surface area contributed by atoms with Crippen LogP contribution in [0.2, 0.25) is 0 Å². The zero-order chi connectivity index (χ0) is 16.4. The molecule has 0 bridgehead atoms. The van der Waals surface area contributed by atoms with Gasteiger partial charge >= 0.3 is 0 Å². The number of nitrogens with one attached hydrogen (secondary N) is 1. The van der Waals surface area contributed by atoms with Gasteiger partial charge in [0.15, 0.2) is 5.82 Å². The van der Waals surface area contributed by atoms with E-state index in [-0.39, 0.29) is 12.1 Å². The van der Waals surface area contributed by atoms with Crippen molar-refractivity contribution >= 4 is 0 Å². The molecule has 124 valence electrons. The van der Waals surface area contributed by atoms with Crippen LogP contribution in [0, 0.1) is 0 Å². The zero-order valence-corrected chi connectivity index (χ0v) is 14.4. The molecule has 0 radical (unpaired) electrons. The monoisotopic (exact) mass is 314 g/mol. The smallest absolute Gasteiger partial charge is 0.154 e. The average molecular weight is 314 g/mol. The van der Waals surface area contributed by atoms with Crippen LogP contribution in [-0.2, 0) is 13.6 Å². The maximum absolute atomic E-state index is 5.91. The van der Waals surface area contributed by atoms with E-state index in [0.29, 0.717) is 12.5 Å². The number of ether oxygens (including phenoxy) is 1. The lowest BCUT2D eigenvalue weighted by atomic mass is 10.1.